The van der Waals surface area contributed by atoms with Crippen molar-refractivity contribution in [3.63, 3.8) is 0 Å². The molecule has 0 aliphatic heterocycles. The predicted octanol–water partition coefficient (Wildman–Crippen LogP) is 17.9. The first kappa shape index (κ1) is 43.5. The van der Waals surface area contributed by atoms with Gasteiger partial charge in [-0.05, 0) is 136 Å². The van der Waals surface area contributed by atoms with E-state index < -0.39 is 0 Å². The van der Waals surface area contributed by atoms with Gasteiger partial charge in [-0.25, -0.2) is 4.98 Å². The lowest BCUT2D eigenvalue weighted by Crippen LogP contribution is -2.11. The highest BCUT2D eigenvalue weighted by Gasteiger charge is 2.24. The van der Waals surface area contributed by atoms with E-state index in [4.69, 9.17) is 4.98 Å². The van der Waals surface area contributed by atoms with Crippen molar-refractivity contribution in [2.45, 2.75) is 52.4 Å². The van der Waals surface area contributed by atoms with Gasteiger partial charge in [0.05, 0.1) is 11.0 Å². The molecule has 334 valence electrons. The Morgan fingerprint density at radius 2 is 0.725 bits per heavy atom. The SMILES string of the molecule is CC(C)(C)c1ccc2c(-c3ccc(-c4nc5ccccc5n4-c4ccccc4)cc3)c3cc(C(C)(C)C)ccc3c(-c3ccc(C(=C(c4ccccc4)c4ccccc4)c4ccccc4)cc3)c2c1. The molecule has 0 unspecified atom stereocenters. The first-order chi connectivity index (χ1) is 33.5. The Labute approximate surface area is 406 Å². The Hall–Kier alpha value is -8.07. The topological polar surface area (TPSA) is 17.8 Å². The molecule has 0 aliphatic rings. The second-order valence-corrected chi connectivity index (χ2v) is 20.4. The van der Waals surface area contributed by atoms with Crippen molar-refractivity contribution in [3.8, 4) is 39.3 Å². The molecule has 0 saturated heterocycles. The van der Waals surface area contributed by atoms with Gasteiger partial charge in [-0.2, -0.15) is 0 Å². The van der Waals surface area contributed by atoms with Gasteiger partial charge in [-0.1, -0.05) is 236 Å². The molecular weight excluding hydrogens is 833 g/mol. The number of rotatable bonds is 8. The first-order valence-electron chi connectivity index (χ1n) is 24.2. The van der Waals surface area contributed by atoms with Crippen molar-refractivity contribution in [2.24, 2.45) is 0 Å². The van der Waals surface area contributed by atoms with Gasteiger partial charge in [0.1, 0.15) is 5.82 Å². The van der Waals surface area contributed by atoms with Crippen molar-refractivity contribution in [2.75, 3.05) is 0 Å². The fourth-order valence-corrected chi connectivity index (χ4v) is 10.2. The molecule has 0 bridgehead atoms. The summed E-state index contributed by atoms with van der Waals surface area (Å²) in [6.45, 7) is 13.9. The highest BCUT2D eigenvalue weighted by molar-refractivity contribution is 6.22. The number of fused-ring (bicyclic) bond motifs is 3. The summed E-state index contributed by atoms with van der Waals surface area (Å²) in [7, 11) is 0. The van der Waals surface area contributed by atoms with Crippen LogP contribution in [-0.4, -0.2) is 9.55 Å². The zero-order chi connectivity index (χ0) is 47.3. The summed E-state index contributed by atoms with van der Waals surface area (Å²) in [6, 6.07) is 84.4. The van der Waals surface area contributed by atoms with E-state index in [2.05, 4.69) is 277 Å². The normalized spacial score (nSPS) is 11.9. The van der Waals surface area contributed by atoms with Crippen LogP contribution in [0, 0.1) is 0 Å². The number of nitrogens with zero attached hydrogens (tertiary/aromatic N) is 2. The van der Waals surface area contributed by atoms with Crippen LogP contribution in [0.1, 0.15) is 74.9 Å². The lowest BCUT2D eigenvalue weighted by molar-refractivity contribution is 0.590. The molecule has 0 spiro atoms. The van der Waals surface area contributed by atoms with E-state index in [1.807, 2.05) is 0 Å². The van der Waals surface area contributed by atoms with E-state index >= 15 is 0 Å². The summed E-state index contributed by atoms with van der Waals surface area (Å²) >= 11 is 0. The van der Waals surface area contributed by atoms with Gasteiger partial charge >= 0.3 is 0 Å². The minimum absolute atomic E-state index is 0.0475. The molecule has 2 heteroatoms. The maximum absolute atomic E-state index is 5.21. The lowest BCUT2D eigenvalue weighted by Gasteiger charge is -2.25. The molecule has 11 aromatic rings. The van der Waals surface area contributed by atoms with E-state index in [9.17, 15) is 0 Å². The number of hydrogen-bond donors (Lipinski definition) is 0. The highest BCUT2D eigenvalue weighted by Crippen LogP contribution is 2.47. The average Bonchev–Trinajstić information content (AvgIpc) is 3.77. The zero-order valence-corrected chi connectivity index (χ0v) is 40.3. The van der Waals surface area contributed by atoms with Crippen molar-refractivity contribution in [3.05, 3.63) is 264 Å². The minimum Gasteiger partial charge on any atom is -0.292 e. The van der Waals surface area contributed by atoms with Gasteiger partial charge in [0.2, 0.25) is 0 Å². The zero-order valence-electron chi connectivity index (χ0n) is 40.3. The van der Waals surface area contributed by atoms with E-state index in [1.165, 1.54) is 88.3 Å². The number of benzene rings is 10. The summed E-state index contributed by atoms with van der Waals surface area (Å²) in [5.41, 5.74) is 18.8. The minimum atomic E-state index is -0.0486. The van der Waals surface area contributed by atoms with Crippen LogP contribution in [0.3, 0.4) is 0 Å². The maximum atomic E-state index is 5.21. The molecular formula is C67H56N2. The lowest BCUT2D eigenvalue weighted by atomic mass is 9.79. The molecule has 0 fully saturated rings. The van der Waals surface area contributed by atoms with Gasteiger partial charge < -0.3 is 0 Å². The monoisotopic (exact) mass is 888 g/mol. The van der Waals surface area contributed by atoms with Gasteiger partial charge in [0, 0.05) is 11.3 Å². The van der Waals surface area contributed by atoms with Crippen LogP contribution in [0.15, 0.2) is 231 Å². The van der Waals surface area contributed by atoms with Crippen molar-refractivity contribution >= 4 is 43.7 Å². The van der Waals surface area contributed by atoms with E-state index in [-0.39, 0.29) is 10.8 Å². The first-order valence-corrected chi connectivity index (χ1v) is 24.2. The summed E-state index contributed by atoms with van der Waals surface area (Å²) < 4.78 is 2.28. The Morgan fingerprint density at radius 3 is 1.17 bits per heavy atom. The van der Waals surface area contributed by atoms with Gasteiger partial charge in [0.25, 0.3) is 0 Å². The Morgan fingerprint density at radius 1 is 0.348 bits per heavy atom. The predicted molar refractivity (Wildman–Crippen MR) is 294 cm³/mol. The largest absolute Gasteiger partial charge is 0.292 e. The Balaban J connectivity index is 1.14. The molecule has 0 atom stereocenters. The smallest absolute Gasteiger partial charge is 0.145 e. The van der Waals surface area contributed by atoms with Crippen LogP contribution < -0.4 is 0 Å². The molecule has 0 aliphatic carbocycles. The standard InChI is InChI=1S/C67H56N2/c1-66(2,3)52-40-42-56-57(43-52)63(49-33-31-48(32-34-49)62(47-25-15-9-16-26-47)61(45-21-11-7-12-22-45)46-23-13-8-14-24-46)55-41-39-53(67(4,5)6)44-58(55)64(56)50-35-37-51(38-36-50)65-68-59-29-19-20-30-60(59)69(65)54-27-17-10-18-28-54/h7-44H,1-6H3. The molecule has 2 nitrogen and oxygen atoms in total. The molecule has 11 rings (SSSR count). The fraction of sp³-hybridized carbons (Fsp3) is 0.119. The van der Waals surface area contributed by atoms with E-state index in [0.717, 1.165) is 28.1 Å². The van der Waals surface area contributed by atoms with Crippen LogP contribution in [0.25, 0.3) is 83.1 Å². The van der Waals surface area contributed by atoms with Crippen molar-refractivity contribution in [1.82, 2.24) is 9.55 Å². The maximum Gasteiger partial charge on any atom is 0.145 e. The molecule has 0 amide bonds. The van der Waals surface area contributed by atoms with Crippen LogP contribution in [0.2, 0.25) is 0 Å². The molecule has 0 N–H and O–H groups in total. The van der Waals surface area contributed by atoms with E-state index in [0.29, 0.717) is 0 Å². The van der Waals surface area contributed by atoms with Crippen LogP contribution in [0.5, 0.6) is 0 Å². The summed E-state index contributed by atoms with van der Waals surface area (Å²) in [5, 5.41) is 4.99. The number of para-hydroxylation sites is 3. The third-order valence-corrected chi connectivity index (χ3v) is 13.8. The van der Waals surface area contributed by atoms with Crippen LogP contribution >= 0.6 is 0 Å². The third kappa shape index (κ3) is 8.17. The Kier molecular flexibility index (Phi) is 11.1. The molecule has 0 radical (unpaired) electrons. The van der Waals surface area contributed by atoms with Gasteiger partial charge in [-0.3, -0.25) is 4.57 Å². The number of aromatic nitrogens is 2. The summed E-state index contributed by atoms with van der Waals surface area (Å²) in [4.78, 5) is 5.21. The molecule has 1 heterocycles. The summed E-state index contributed by atoms with van der Waals surface area (Å²) in [5.74, 6) is 0.928. The van der Waals surface area contributed by atoms with Crippen molar-refractivity contribution in [1.29, 1.82) is 0 Å². The molecule has 69 heavy (non-hydrogen) atoms. The van der Waals surface area contributed by atoms with Crippen molar-refractivity contribution < 1.29 is 0 Å². The average molecular weight is 889 g/mol. The number of imidazole rings is 1. The van der Waals surface area contributed by atoms with Gasteiger partial charge in [-0.15, -0.1) is 0 Å². The van der Waals surface area contributed by atoms with Crippen LogP contribution in [0.4, 0.5) is 0 Å². The van der Waals surface area contributed by atoms with Gasteiger partial charge in [0.15, 0.2) is 0 Å². The second kappa shape index (κ2) is 17.5. The molecule has 10 aromatic carbocycles. The third-order valence-electron chi connectivity index (χ3n) is 13.8. The molecule has 0 saturated carbocycles. The fourth-order valence-electron chi connectivity index (χ4n) is 10.2. The summed E-state index contributed by atoms with van der Waals surface area (Å²) in [6.07, 6.45) is 0. The Bertz CT molecular complexity index is 3620. The van der Waals surface area contributed by atoms with E-state index in [1.54, 1.807) is 0 Å². The molecule has 1 aromatic heterocycles. The van der Waals surface area contributed by atoms with Crippen LogP contribution in [-0.2, 0) is 10.8 Å². The number of hydrogen-bond acceptors (Lipinski definition) is 1. The second-order valence-electron chi connectivity index (χ2n) is 20.4. The quantitative estimate of drug-likeness (QED) is 0.110. The highest BCUT2D eigenvalue weighted by atomic mass is 15.1.